The zero-order chi connectivity index (χ0) is 18.1. The van der Waals surface area contributed by atoms with Gasteiger partial charge in [0, 0.05) is 12.0 Å². The Morgan fingerprint density at radius 1 is 1.38 bits per heavy atom. The molecule has 0 saturated carbocycles. The van der Waals surface area contributed by atoms with Crippen molar-refractivity contribution in [2.75, 3.05) is 6.61 Å². The summed E-state index contributed by atoms with van der Waals surface area (Å²) < 4.78 is 31.5. The standard InChI is InChI=1S/C16H22BClFNO4/c1-6-22-12(21)9-11(10-7-8-20-14(18)13(10)19)17-23-15(2,3)16(4,5)24-17/h7-8,11H,6,9H2,1-5H3. The van der Waals surface area contributed by atoms with Crippen LogP contribution in [0.2, 0.25) is 5.15 Å². The highest BCUT2D eigenvalue weighted by atomic mass is 35.5. The monoisotopic (exact) mass is 357 g/mol. The molecule has 5 nitrogen and oxygen atoms in total. The van der Waals surface area contributed by atoms with Crippen molar-refractivity contribution in [1.29, 1.82) is 0 Å². The molecule has 1 saturated heterocycles. The summed E-state index contributed by atoms with van der Waals surface area (Å²) in [6.45, 7) is 9.53. The molecule has 1 aromatic heterocycles. The third-order valence-corrected chi connectivity index (χ3v) is 4.83. The van der Waals surface area contributed by atoms with Gasteiger partial charge in [-0.3, -0.25) is 4.79 Å². The molecule has 1 aliphatic rings. The fourth-order valence-corrected chi connectivity index (χ4v) is 2.69. The molecule has 0 N–H and O–H groups in total. The summed E-state index contributed by atoms with van der Waals surface area (Å²) in [6.07, 6.45) is 1.31. The molecule has 1 unspecified atom stereocenters. The number of rotatable bonds is 5. The van der Waals surface area contributed by atoms with Gasteiger partial charge in [-0.15, -0.1) is 0 Å². The number of carbonyl (C=O) groups excluding carboxylic acids is 1. The van der Waals surface area contributed by atoms with Crippen molar-refractivity contribution in [1.82, 2.24) is 4.98 Å². The zero-order valence-corrected chi connectivity index (χ0v) is 15.3. The topological polar surface area (TPSA) is 57.7 Å². The molecule has 0 bridgehead atoms. The van der Waals surface area contributed by atoms with E-state index >= 15 is 0 Å². The van der Waals surface area contributed by atoms with Crippen molar-refractivity contribution >= 4 is 24.7 Å². The number of hydrogen-bond acceptors (Lipinski definition) is 5. The van der Waals surface area contributed by atoms with Crippen molar-refractivity contribution in [2.24, 2.45) is 0 Å². The zero-order valence-electron chi connectivity index (χ0n) is 14.6. The molecule has 0 aliphatic carbocycles. The number of esters is 1. The van der Waals surface area contributed by atoms with E-state index in [-0.39, 0.29) is 23.7 Å². The Bertz CT molecular complexity index is 610. The molecule has 2 rings (SSSR count). The number of pyridine rings is 1. The van der Waals surface area contributed by atoms with Crippen molar-refractivity contribution in [3.63, 3.8) is 0 Å². The van der Waals surface area contributed by atoms with Gasteiger partial charge in [-0.25, -0.2) is 9.37 Å². The van der Waals surface area contributed by atoms with Crippen LogP contribution in [0.5, 0.6) is 0 Å². The van der Waals surface area contributed by atoms with E-state index < -0.39 is 35.9 Å². The van der Waals surface area contributed by atoms with Gasteiger partial charge in [0.15, 0.2) is 11.0 Å². The van der Waals surface area contributed by atoms with Crippen molar-refractivity contribution in [3.05, 3.63) is 28.8 Å². The summed E-state index contributed by atoms with van der Waals surface area (Å²) in [5.74, 6) is -1.82. The summed E-state index contributed by atoms with van der Waals surface area (Å²) in [7, 11) is -0.799. The van der Waals surface area contributed by atoms with Gasteiger partial charge in [-0.1, -0.05) is 11.6 Å². The lowest BCUT2D eigenvalue weighted by Gasteiger charge is -2.32. The predicted molar refractivity (Wildman–Crippen MR) is 89.3 cm³/mol. The highest BCUT2D eigenvalue weighted by Gasteiger charge is 2.54. The molecule has 0 aromatic carbocycles. The summed E-state index contributed by atoms with van der Waals surface area (Å²) in [6, 6.07) is 1.48. The van der Waals surface area contributed by atoms with Gasteiger partial charge in [-0.05, 0) is 46.2 Å². The number of halogens is 2. The van der Waals surface area contributed by atoms with E-state index in [0.717, 1.165) is 0 Å². The minimum atomic E-state index is -0.799. The van der Waals surface area contributed by atoms with Crippen LogP contribution in [0.15, 0.2) is 12.3 Å². The predicted octanol–water partition coefficient (Wildman–Crippen LogP) is 3.54. The quantitative estimate of drug-likeness (QED) is 0.458. The van der Waals surface area contributed by atoms with Crippen molar-refractivity contribution < 1.29 is 23.2 Å². The SMILES string of the molecule is CCOC(=O)CC(B1OC(C)(C)C(C)(C)O1)c1ccnc(Cl)c1F. The van der Waals surface area contributed by atoms with Crippen LogP contribution in [-0.2, 0) is 18.8 Å². The van der Waals surface area contributed by atoms with Gasteiger partial charge >= 0.3 is 13.1 Å². The molecule has 0 amide bonds. The van der Waals surface area contributed by atoms with Gasteiger partial charge in [0.05, 0.1) is 24.2 Å². The first-order valence-corrected chi connectivity index (χ1v) is 8.28. The molecule has 8 heteroatoms. The van der Waals surface area contributed by atoms with Gasteiger partial charge in [0.2, 0.25) is 0 Å². The second-order valence-corrected chi connectivity index (χ2v) is 7.10. The maximum absolute atomic E-state index is 14.5. The molecule has 2 heterocycles. The first-order valence-electron chi connectivity index (χ1n) is 7.90. The molecule has 1 aliphatic heterocycles. The summed E-state index contributed by atoms with van der Waals surface area (Å²) in [5, 5.41) is -0.252. The Morgan fingerprint density at radius 2 is 1.96 bits per heavy atom. The smallest absolute Gasteiger partial charge is 0.466 e. The van der Waals surface area contributed by atoms with Gasteiger partial charge in [-0.2, -0.15) is 0 Å². The maximum Gasteiger partial charge on any atom is 0.466 e. The third-order valence-electron chi connectivity index (χ3n) is 4.57. The highest BCUT2D eigenvalue weighted by molar-refractivity contribution is 6.48. The molecular formula is C16H22BClFNO4. The fourth-order valence-electron chi connectivity index (χ4n) is 2.52. The van der Waals surface area contributed by atoms with Crippen molar-refractivity contribution in [2.45, 2.75) is 58.1 Å². The van der Waals surface area contributed by atoms with Crippen LogP contribution >= 0.6 is 11.6 Å². The lowest BCUT2D eigenvalue weighted by Crippen LogP contribution is -2.41. The normalized spacial score (nSPS) is 20.0. The summed E-state index contributed by atoms with van der Waals surface area (Å²) >= 11 is 5.79. The van der Waals surface area contributed by atoms with Crippen LogP contribution in [0.4, 0.5) is 4.39 Å². The molecule has 1 fully saturated rings. The average Bonchev–Trinajstić information content (AvgIpc) is 2.68. The Labute approximate surface area is 147 Å². The number of ether oxygens (including phenoxy) is 1. The Morgan fingerprint density at radius 3 is 2.50 bits per heavy atom. The van der Waals surface area contributed by atoms with E-state index in [1.54, 1.807) is 6.92 Å². The lowest BCUT2D eigenvalue weighted by molar-refractivity contribution is -0.143. The number of carbonyl (C=O) groups is 1. The van der Waals surface area contributed by atoms with Crippen LogP contribution < -0.4 is 0 Å². The summed E-state index contributed by atoms with van der Waals surface area (Å²) in [4.78, 5) is 15.7. The number of hydrogen-bond donors (Lipinski definition) is 0. The molecule has 132 valence electrons. The lowest BCUT2D eigenvalue weighted by atomic mass is 9.66. The number of nitrogens with zero attached hydrogens (tertiary/aromatic N) is 1. The second-order valence-electron chi connectivity index (χ2n) is 6.75. The molecular weight excluding hydrogens is 335 g/mol. The Balaban J connectivity index is 2.37. The van der Waals surface area contributed by atoms with Crippen molar-refractivity contribution in [3.8, 4) is 0 Å². The van der Waals surface area contributed by atoms with Crippen LogP contribution in [-0.4, -0.2) is 35.9 Å². The maximum atomic E-state index is 14.5. The number of aromatic nitrogens is 1. The van der Waals surface area contributed by atoms with E-state index in [4.69, 9.17) is 25.6 Å². The van der Waals surface area contributed by atoms with Gasteiger partial charge in [0.25, 0.3) is 0 Å². The second kappa shape index (κ2) is 6.98. The Kier molecular flexibility index (Phi) is 5.57. The Hall–Kier alpha value is -1.18. The largest absolute Gasteiger partial charge is 0.466 e. The fraction of sp³-hybridized carbons (Fsp3) is 0.625. The average molecular weight is 358 g/mol. The van der Waals surface area contributed by atoms with E-state index in [0.29, 0.717) is 0 Å². The van der Waals surface area contributed by atoms with E-state index in [2.05, 4.69) is 4.98 Å². The van der Waals surface area contributed by atoms with E-state index in [1.165, 1.54) is 12.3 Å². The molecule has 1 aromatic rings. The van der Waals surface area contributed by atoms with Gasteiger partial charge < -0.3 is 14.0 Å². The third kappa shape index (κ3) is 3.73. The van der Waals surface area contributed by atoms with Crippen LogP contribution in [0.25, 0.3) is 0 Å². The summed E-state index contributed by atoms with van der Waals surface area (Å²) in [5.41, 5.74) is -0.975. The first-order chi connectivity index (χ1) is 11.1. The molecule has 0 radical (unpaired) electrons. The van der Waals surface area contributed by atoms with Crippen LogP contribution in [0.1, 0.15) is 52.4 Å². The van der Waals surface area contributed by atoms with E-state index in [1.807, 2.05) is 27.7 Å². The minimum absolute atomic E-state index is 0.0814. The first kappa shape index (κ1) is 19.2. The van der Waals surface area contributed by atoms with Crippen LogP contribution in [0.3, 0.4) is 0 Å². The van der Waals surface area contributed by atoms with E-state index in [9.17, 15) is 9.18 Å². The van der Waals surface area contributed by atoms with Gasteiger partial charge in [0.1, 0.15) is 0 Å². The minimum Gasteiger partial charge on any atom is -0.466 e. The van der Waals surface area contributed by atoms with Crippen LogP contribution in [0, 0.1) is 5.82 Å². The highest BCUT2D eigenvalue weighted by Crippen LogP contribution is 2.42. The molecule has 24 heavy (non-hydrogen) atoms. The molecule has 0 spiro atoms. The molecule has 1 atom stereocenters.